The van der Waals surface area contributed by atoms with E-state index in [4.69, 9.17) is 0 Å². The standard InChI is InChI=1S/C11H14N4O/c1-14-5-8(6-14)7-15-11-3-2-9(16)4-10(11)12-13-15/h2-4,8,16H,5-7H2,1H3. The number of hydrogen-bond acceptors (Lipinski definition) is 4. The Morgan fingerprint density at radius 2 is 2.25 bits per heavy atom. The maximum atomic E-state index is 9.33. The van der Waals surface area contributed by atoms with Crippen LogP contribution in [0.25, 0.3) is 11.0 Å². The first kappa shape index (κ1) is 9.59. The number of rotatable bonds is 2. The summed E-state index contributed by atoms with van der Waals surface area (Å²) >= 11 is 0. The maximum Gasteiger partial charge on any atom is 0.117 e. The van der Waals surface area contributed by atoms with Crippen LogP contribution in [0.4, 0.5) is 0 Å². The van der Waals surface area contributed by atoms with Crippen molar-refractivity contribution in [3.05, 3.63) is 18.2 Å². The van der Waals surface area contributed by atoms with Gasteiger partial charge in [0.25, 0.3) is 0 Å². The fourth-order valence-electron chi connectivity index (χ4n) is 2.28. The average Bonchev–Trinajstić information content (AvgIpc) is 2.58. The number of hydrogen-bond donors (Lipinski definition) is 1. The van der Waals surface area contributed by atoms with Gasteiger partial charge in [0.1, 0.15) is 11.3 Å². The molecule has 2 aromatic rings. The van der Waals surface area contributed by atoms with Gasteiger partial charge in [-0.2, -0.15) is 0 Å². The molecule has 5 nitrogen and oxygen atoms in total. The van der Waals surface area contributed by atoms with Crippen LogP contribution in [0.1, 0.15) is 0 Å². The van der Waals surface area contributed by atoms with E-state index >= 15 is 0 Å². The van der Waals surface area contributed by atoms with Crippen LogP contribution in [0.5, 0.6) is 5.75 Å². The van der Waals surface area contributed by atoms with E-state index in [1.54, 1.807) is 12.1 Å². The van der Waals surface area contributed by atoms with Gasteiger partial charge in [-0.25, -0.2) is 4.68 Å². The second-order valence-corrected chi connectivity index (χ2v) is 4.53. The number of benzene rings is 1. The van der Waals surface area contributed by atoms with Gasteiger partial charge in [0.2, 0.25) is 0 Å². The largest absolute Gasteiger partial charge is 0.508 e. The predicted octanol–water partition coefficient (Wildman–Crippen LogP) is 0.698. The summed E-state index contributed by atoms with van der Waals surface area (Å²) in [6, 6.07) is 5.19. The van der Waals surface area contributed by atoms with Gasteiger partial charge in [0.05, 0.1) is 5.52 Å². The molecule has 1 saturated heterocycles. The summed E-state index contributed by atoms with van der Waals surface area (Å²) in [6.45, 7) is 3.16. The lowest BCUT2D eigenvalue weighted by atomic mass is 10.0. The minimum atomic E-state index is 0.239. The molecule has 1 aliphatic rings. The lowest BCUT2D eigenvalue weighted by molar-refractivity contribution is 0.116. The lowest BCUT2D eigenvalue weighted by Crippen LogP contribution is -2.45. The van der Waals surface area contributed by atoms with Crippen molar-refractivity contribution in [2.24, 2.45) is 5.92 Å². The van der Waals surface area contributed by atoms with Crippen molar-refractivity contribution in [2.45, 2.75) is 6.54 Å². The molecule has 2 heterocycles. The summed E-state index contributed by atoms with van der Waals surface area (Å²) in [6.07, 6.45) is 0. The molecule has 0 aliphatic carbocycles. The van der Waals surface area contributed by atoms with Crippen LogP contribution in [-0.4, -0.2) is 45.1 Å². The Morgan fingerprint density at radius 3 is 3.00 bits per heavy atom. The summed E-state index contributed by atoms with van der Waals surface area (Å²) in [7, 11) is 2.12. The molecule has 1 aromatic heterocycles. The van der Waals surface area contributed by atoms with Gasteiger partial charge in [-0.3, -0.25) is 0 Å². The third kappa shape index (κ3) is 1.53. The molecule has 1 aromatic carbocycles. The molecule has 84 valence electrons. The van der Waals surface area contributed by atoms with Crippen LogP contribution in [0.3, 0.4) is 0 Å². The van der Waals surface area contributed by atoms with Crippen molar-refractivity contribution in [3.63, 3.8) is 0 Å². The molecular formula is C11H14N4O. The SMILES string of the molecule is CN1CC(Cn2nnc3cc(O)ccc32)C1. The summed E-state index contributed by atoms with van der Waals surface area (Å²) in [5.41, 5.74) is 1.75. The quantitative estimate of drug-likeness (QED) is 0.806. The van der Waals surface area contributed by atoms with Crippen molar-refractivity contribution in [3.8, 4) is 5.75 Å². The van der Waals surface area contributed by atoms with Crippen LogP contribution in [0.15, 0.2) is 18.2 Å². The number of aromatic hydroxyl groups is 1. The summed E-state index contributed by atoms with van der Waals surface area (Å²) < 4.78 is 1.92. The molecule has 0 amide bonds. The highest BCUT2D eigenvalue weighted by atomic mass is 16.3. The minimum absolute atomic E-state index is 0.239. The van der Waals surface area contributed by atoms with Gasteiger partial charge in [-0.15, -0.1) is 5.10 Å². The van der Waals surface area contributed by atoms with E-state index in [0.717, 1.165) is 30.7 Å². The van der Waals surface area contributed by atoms with Crippen LogP contribution in [-0.2, 0) is 6.54 Å². The molecule has 1 N–H and O–H groups in total. The normalized spacial score (nSPS) is 17.8. The highest BCUT2D eigenvalue weighted by Gasteiger charge is 2.24. The number of phenols is 1. The molecule has 5 heteroatoms. The van der Waals surface area contributed by atoms with E-state index in [9.17, 15) is 5.11 Å². The lowest BCUT2D eigenvalue weighted by Gasteiger charge is -2.35. The molecule has 3 rings (SSSR count). The number of phenolic OH excluding ortho intramolecular Hbond substituents is 1. The average molecular weight is 218 g/mol. The van der Waals surface area contributed by atoms with Gasteiger partial charge >= 0.3 is 0 Å². The highest BCUT2D eigenvalue weighted by Crippen LogP contribution is 2.20. The van der Waals surface area contributed by atoms with Crippen molar-refractivity contribution in [1.82, 2.24) is 19.9 Å². The van der Waals surface area contributed by atoms with Crippen LogP contribution < -0.4 is 0 Å². The number of fused-ring (bicyclic) bond motifs is 1. The molecule has 0 spiro atoms. The van der Waals surface area contributed by atoms with Gasteiger partial charge in [-0.05, 0) is 19.2 Å². The summed E-state index contributed by atoms with van der Waals surface area (Å²) in [4.78, 5) is 2.29. The zero-order chi connectivity index (χ0) is 11.1. The predicted molar refractivity (Wildman–Crippen MR) is 60.2 cm³/mol. The molecule has 0 atom stereocenters. The second kappa shape index (κ2) is 3.45. The molecule has 0 unspecified atom stereocenters. The first-order valence-electron chi connectivity index (χ1n) is 5.43. The Labute approximate surface area is 93.3 Å². The Balaban J connectivity index is 1.87. The van der Waals surface area contributed by atoms with E-state index in [-0.39, 0.29) is 5.75 Å². The second-order valence-electron chi connectivity index (χ2n) is 4.53. The van der Waals surface area contributed by atoms with E-state index in [1.165, 1.54) is 0 Å². The topological polar surface area (TPSA) is 54.2 Å². The highest BCUT2D eigenvalue weighted by molar-refractivity contribution is 5.75. The maximum absolute atomic E-state index is 9.33. The molecule has 0 radical (unpaired) electrons. The van der Waals surface area contributed by atoms with Crippen molar-refractivity contribution >= 4 is 11.0 Å². The first-order chi connectivity index (χ1) is 7.72. The van der Waals surface area contributed by atoms with Crippen molar-refractivity contribution in [2.75, 3.05) is 20.1 Å². The summed E-state index contributed by atoms with van der Waals surface area (Å²) in [5, 5.41) is 17.5. The Bertz CT molecular complexity index is 516. The minimum Gasteiger partial charge on any atom is -0.508 e. The third-order valence-electron chi connectivity index (χ3n) is 3.07. The van der Waals surface area contributed by atoms with E-state index in [1.807, 2.05) is 10.7 Å². The third-order valence-corrected chi connectivity index (χ3v) is 3.07. The van der Waals surface area contributed by atoms with Crippen LogP contribution in [0, 0.1) is 5.92 Å². The summed E-state index contributed by atoms with van der Waals surface area (Å²) in [5.74, 6) is 0.909. The van der Waals surface area contributed by atoms with Crippen LogP contribution in [0.2, 0.25) is 0 Å². The fraction of sp³-hybridized carbons (Fsp3) is 0.455. The monoisotopic (exact) mass is 218 g/mol. The zero-order valence-electron chi connectivity index (χ0n) is 9.17. The molecule has 16 heavy (non-hydrogen) atoms. The van der Waals surface area contributed by atoms with Gasteiger partial charge in [0.15, 0.2) is 0 Å². The number of nitrogens with zero attached hydrogens (tertiary/aromatic N) is 4. The van der Waals surface area contributed by atoms with E-state index in [0.29, 0.717) is 5.92 Å². The van der Waals surface area contributed by atoms with E-state index < -0.39 is 0 Å². The molecule has 0 bridgehead atoms. The fourth-order valence-corrected chi connectivity index (χ4v) is 2.28. The number of aromatic nitrogens is 3. The molecule has 1 fully saturated rings. The smallest absolute Gasteiger partial charge is 0.117 e. The molecule has 1 aliphatic heterocycles. The number of likely N-dealkylation sites (tertiary alicyclic amines) is 1. The van der Waals surface area contributed by atoms with Gasteiger partial charge in [0, 0.05) is 31.6 Å². The Morgan fingerprint density at radius 1 is 1.44 bits per heavy atom. The van der Waals surface area contributed by atoms with Gasteiger partial charge < -0.3 is 10.0 Å². The van der Waals surface area contributed by atoms with Crippen molar-refractivity contribution < 1.29 is 5.11 Å². The van der Waals surface area contributed by atoms with Crippen LogP contribution >= 0.6 is 0 Å². The Kier molecular flexibility index (Phi) is 2.07. The van der Waals surface area contributed by atoms with E-state index in [2.05, 4.69) is 22.3 Å². The first-order valence-corrected chi connectivity index (χ1v) is 5.43. The molecule has 0 saturated carbocycles. The Hall–Kier alpha value is -1.62. The zero-order valence-corrected chi connectivity index (χ0v) is 9.17. The van der Waals surface area contributed by atoms with Gasteiger partial charge in [-0.1, -0.05) is 5.21 Å². The van der Waals surface area contributed by atoms with Crippen molar-refractivity contribution in [1.29, 1.82) is 0 Å². The molecular weight excluding hydrogens is 204 g/mol.